The Morgan fingerprint density at radius 2 is 2.31 bits per heavy atom. The molecule has 0 saturated carbocycles. The second-order valence-electron chi connectivity index (χ2n) is 2.49. The lowest BCUT2D eigenvalue weighted by Gasteiger charge is -2.06. The van der Waals surface area contributed by atoms with Crippen LogP contribution < -0.4 is 11.3 Å². The second-order valence-corrected chi connectivity index (χ2v) is 2.49. The molecule has 1 rings (SSSR count). The lowest BCUT2D eigenvalue weighted by atomic mass is 10.1. The molecule has 1 aromatic rings. The van der Waals surface area contributed by atoms with E-state index in [4.69, 9.17) is 10.9 Å². The highest BCUT2D eigenvalue weighted by Gasteiger charge is 2.09. The van der Waals surface area contributed by atoms with Crippen molar-refractivity contribution in [1.82, 2.24) is 0 Å². The number of rotatable bonds is 3. The molecule has 0 unspecified atom stereocenters. The Balaban J connectivity index is 3.05. The molecule has 0 amide bonds. The Hall–Kier alpha value is -1.62. The summed E-state index contributed by atoms with van der Waals surface area (Å²) in [5.74, 6) is 3.46. The van der Waals surface area contributed by atoms with Crippen LogP contribution in [0.3, 0.4) is 0 Å². The summed E-state index contributed by atoms with van der Waals surface area (Å²) in [5.41, 5.74) is 2.49. The number of carboxylic acids is 1. The van der Waals surface area contributed by atoms with E-state index in [-0.39, 0.29) is 12.1 Å². The third-order valence-electron chi connectivity index (χ3n) is 1.59. The molecule has 4 nitrogen and oxygen atoms in total. The van der Waals surface area contributed by atoms with Crippen LogP contribution in [0.2, 0.25) is 0 Å². The Labute approximate surface area is 74.1 Å². The van der Waals surface area contributed by atoms with Gasteiger partial charge in [0.2, 0.25) is 0 Å². The first-order valence-electron chi connectivity index (χ1n) is 3.61. The van der Waals surface area contributed by atoms with Crippen molar-refractivity contribution in [2.24, 2.45) is 5.84 Å². The normalized spacial score (nSPS) is 9.69. The van der Waals surface area contributed by atoms with Crippen molar-refractivity contribution in [2.45, 2.75) is 6.42 Å². The summed E-state index contributed by atoms with van der Waals surface area (Å²) in [7, 11) is 0. The van der Waals surface area contributed by atoms with Crippen LogP contribution in [0.15, 0.2) is 18.2 Å². The highest BCUT2D eigenvalue weighted by atomic mass is 19.1. The first-order chi connectivity index (χ1) is 6.15. The molecule has 0 radical (unpaired) electrons. The molecule has 0 aliphatic rings. The van der Waals surface area contributed by atoms with E-state index < -0.39 is 11.8 Å². The second kappa shape index (κ2) is 3.86. The summed E-state index contributed by atoms with van der Waals surface area (Å²) in [4.78, 5) is 10.4. The number of carboxylic acid groups (broad SMARTS) is 1. The topological polar surface area (TPSA) is 75.3 Å². The van der Waals surface area contributed by atoms with Gasteiger partial charge in [-0.2, -0.15) is 0 Å². The first kappa shape index (κ1) is 9.47. The number of anilines is 1. The maximum atomic E-state index is 13.0. The van der Waals surface area contributed by atoms with Crippen LogP contribution in [0.5, 0.6) is 0 Å². The Morgan fingerprint density at radius 1 is 1.62 bits per heavy atom. The molecule has 0 spiro atoms. The van der Waals surface area contributed by atoms with Crippen LogP contribution >= 0.6 is 0 Å². The quantitative estimate of drug-likeness (QED) is 0.478. The SMILES string of the molecule is NNc1c(F)cccc1CC(=O)O. The molecule has 4 N–H and O–H groups in total. The Kier molecular flexibility index (Phi) is 2.81. The highest BCUT2D eigenvalue weighted by Crippen LogP contribution is 2.18. The van der Waals surface area contributed by atoms with Crippen molar-refractivity contribution in [3.8, 4) is 0 Å². The number of hydrazine groups is 1. The zero-order valence-corrected chi connectivity index (χ0v) is 6.75. The van der Waals surface area contributed by atoms with Gasteiger partial charge >= 0.3 is 5.97 Å². The minimum atomic E-state index is -1.03. The third kappa shape index (κ3) is 2.16. The molecule has 0 bridgehead atoms. The molecule has 70 valence electrons. The van der Waals surface area contributed by atoms with Crippen molar-refractivity contribution >= 4 is 11.7 Å². The summed E-state index contributed by atoms with van der Waals surface area (Å²) >= 11 is 0. The van der Waals surface area contributed by atoms with Crippen molar-refractivity contribution < 1.29 is 14.3 Å². The van der Waals surface area contributed by atoms with Gasteiger partial charge in [0.1, 0.15) is 5.82 Å². The monoisotopic (exact) mass is 184 g/mol. The van der Waals surface area contributed by atoms with Gasteiger partial charge in [0, 0.05) is 0 Å². The van der Waals surface area contributed by atoms with Gasteiger partial charge in [0.15, 0.2) is 0 Å². The van der Waals surface area contributed by atoms with Gasteiger partial charge in [-0.05, 0) is 11.6 Å². The summed E-state index contributed by atoms with van der Waals surface area (Å²) in [6.07, 6.45) is -0.253. The van der Waals surface area contributed by atoms with Crippen LogP contribution in [0.1, 0.15) is 5.56 Å². The number of nitrogen functional groups attached to an aromatic ring is 1. The average Bonchev–Trinajstić information content (AvgIpc) is 2.03. The lowest BCUT2D eigenvalue weighted by Crippen LogP contribution is -2.13. The Morgan fingerprint density at radius 3 is 2.85 bits per heavy atom. The number of hydrogen-bond donors (Lipinski definition) is 3. The lowest BCUT2D eigenvalue weighted by molar-refractivity contribution is -0.136. The highest BCUT2D eigenvalue weighted by molar-refractivity contribution is 5.73. The van der Waals surface area contributed by atoms with E-state index in [1.165, 1.54) is 18.2 Å². The molecule has 1 aromatic carbocycles. The van der Waals surface area contributed by atoms with Gasteiger partial charge in [-0.25, -0.2) is 4.39 Å². The van der Waals surface area contributed by atoms with Gasteiger partial charge in [0.25, 0.3) is 0 Å². The number of aliphatic carboxylic acids is 1. The number of hydrogen-bond acceptors (Lipinski definition) is 3. The number of benzene rings is 1. The molecule has 0 fully saturated rings. The van der Waals surface area contributed by atoms with Crippen LogP contribution in [-0.4, -0.2) is 11.1 Å². The summed E-state index contributed by atoms with van der Waals surface area (Å²) in [6.45, 7) is 0. The van der Waals surface area contributed by atoms with Gasteiger partial charge in [-0.3, -0.25) is 10.6 Å². The van der Waals surface area contributed by atoms with Crippen LogP contribution in [0.25, 0.3) is 0 Å². The fourth-order valence-electron chi connectivity index (χ4n) is 1.04. The van der Waals surface area contributed by atoms with Crippen molar-refractivity contribution in [2.75, 3.05) is 5.43 Å². The standard InChI is InChI=1S/C8H9FN2O2/c9-6-3-1-2-5(4-7(12)13)8(6)11-10/h1-3,11H,4,10H2,(H,12,13). The number of nitrogens with two attached hydrogens (primary N) is 1. The number of para-hydroxylation sites is 1. The number of halogens is 1. The molecular weight excluding hydrogens is 175 g/mol. The average molecular weight is 184 g/mol. The fraction of sp³-hybridized carbons (Fsp3) is 0.125. The molecule has 0 aliphatic heterocycles. The van der Waals surface area contributed by atoms with E-state index in [2.05, 4.69) is 5.43 Å². The van der Waals surface area contributed by atoms with E-state index in [9.17, 15) is 9.18 Å². The maximum absolute atomic E-state index is 13.0. The number of nitrogens with one attached hydrogen (secondary N) is 1. The zero-order valence-electron chi connectivity index (χ0n) is 6.75. The van der Waals surface area contributed by atoms with Crippen LogP contribution in [-0.2, 0) is 11.2 Å². The van der Waals surface area contributed by atoms with Gasteiger partial charge < -0.3 is 10.5 Å². The van der Waals surface area contributed by atoms with E-state index in [1.807, 2.05) is 0 Å². The molecule has 0 aromatic heterocycles. The van der Waals surface area contributed by atoms with Crippen molar-refractivity contribution in [3.05, 3.63) is 29.6 Å². The third-order valence-corrected chi connectivity index (χ3v) is 1.59. The number of carbonyl (C=O) groups is 1. The summed E-state index contributed by atoms with van der Waals surface area (Å²) in [5, 5.41) is 8.49. The van der Waals surface area contributed by atoms with Gasteiger partial charge in [-0.15, -0.1) is 0 Å². The minimum Gasteiger partial charge on any atom is -0.481 e. The summed E-state index contributed by atoms with van der Waals surface area (Å²) < 4.78 is 13.0. The van der Waals surface area contributed by atoms with E-state index in [1.54, 1.807) is 0 Å². The fourth-order valence-corrected chi connectivity index (χ4v) is 1.04. The maximum Gasteiger partial charge on any atom is 0.307 e. The molecule has 0 atom stereocenters. The molecule has 13 heavy (non-hydrogen) atoms. The van der Waals surface area contributed by atoms with E-state index >= 15 is 0 Å². The van der Waals surface area contributed by atoms with Gasteiger partial charge in [-0.1, -0.05) is 12.1 Å². The molecule has 0 saturated heterocycles. The molecular formula is C8H9FN2O2. The van der Waals surface area contributed by atoms with Crippen LogP contribution in [0, 0.1) is 5.82 Å². The summed E-state index contributed by atoms with van der Waals surface area (Å²) in [6, 6.07) is 4.15. The smallest absolute Gasteiger partial charge is 0.307 e. The zero-order chi connectivity index (χ0) is 9.84. The largest absolute Gasteiger partial charge is 0.481 e. The predicted molar refractivity (Wildman–Crippen MR) is 45.5 cm³/mol. The van der Waals surface area contributed by atoms with Crippen LogP contribution in [0.4, 0.5) is 10.1 Å². The van der Waals surface area contributed by atoms with Crippen molar-refractivity contribution in [3.63, 3.8) is 0 Å². The Bertz CT molecular complexity index is 328. The van der Waals surface area contributed by atoms with Gasteiger partial charge in [0.05, 0.1) is 12.1 Å². The molecule has 0 heterocycles. The van der Waals surface area contributed by atoms with E-state index in [0.717, 1.165) is 0 Å². The van der Waals surface area contributed by atoms with Crippen molar-refractivity contribution in [1.29, 1.82) is 0 Å². The van der Waals surface area contributed by atoms with E-state index in [0.29, 0.717) is 5.56 Å². The first-order valence-corrected chi connectivity index (χ1v) is 3.61. The minimum absolute atomic E-state index is 0.0323. The molecule has 5 heteroatoms. The predicted octanol–water partition coefficient (Wildman–Crippen LogP) is 0.738. The molecule has 0 aliphatic carbocycles.